The first-order valence-corrected chi connectivity index (χ1v) is 14.8. The molecule has 8 nitrogen and oxygen atoms in total. The Bertz CT molecular complexity index is 1460. The van der Waals surface area contributed by atoms with Gasteiger partial charge in [0.15, 0.2) is 0 Å². The Morgan fingerprint density at radius 3 is 2.45 bits per heavy atom. The number of nitrogens with zero attached hydrogens (tertiary/aromatic N) is 5. The van der Waals surface area contributed by atoms with Crippen molar-refractivity contribution >= 4 is 23.2 Å². The molecule has 1 unspecified atom stereocenters. The SMILES string of the molecule is Cc1c(C(=O)N2CCC(c3nc(C(=O)NC4CCN(Cc5ccccc5)C4)cs3)CC2)cnn1-c1ccccc1. The van der Waals surface area contributed by atoms with Crippen LogP contribution in [0.2, 0.25) is 0 Å². The lowest BCUT2D eigenvalue weighted by Gasteiger charge is -2.31. The average molecular weight is 555 g/mol. The minimum absolute atomic E-state index is 0.0233. The average Bonchev–Trinajstić information content (AvgIpc) is 3.74. The zero-order valence-electron chi connectivity index (χ0n) is 22.7. The topological polar surface area (TPSA) is 83.4 Å². The molecule has 2 amide bonds. The van der Waals surface area contributed by atoms with E-state index in [1.54, 1.807) is 17.5 Å². The van der Waals surface area contributed by atoms with Crippen molar-refractivity contribution in [2.75, 3.05) is 26.2 Å². The van der Waals surface area contributed by atoms with Gasteiger partial charge in [-0.05, 0) is 43.9 Å². The first-order chi connectivity index (χ1) is 19.5. The van der Waals surface area contributed by atoms with Gasteiger partial charge in [0.25, 0.3) is 11.8 Å². The highest BCUT2D eigenvalue weighted by Gasteiger charge is 2.29. The van der Waals surface area contributed by atoms with Crippen LogP contribution in [0.1, 0.15) is 62.3 Å². The second-order valence-electron chi connectivity index (χ2n) is 10.7. The van der Waals surface area contributed by atoms with Crippen molar-refractivity contribution in [1.82, 2.24) is 29.9 Å². The third kappa shape index (κ3) is 5.71. The summed E-state index contributed by atoms with van der Waals surface area (Å²) in [6.45, 7) is 6.01. The Kier molecular flexibility index (Phi) is 7.75. The number of carbonyl (C=O) groups is 2. The second kappa shape index (κ2) is 11.7. The maximum atomic E-state index is 13.3. The van der Waals surface area contributed by atoms with Gasteiger partial charge < -0.3 is 10.2 Å². The Morgan fingerprint density at radius 1 is 0.975 bits per heavy atom. The van der Waals surface area contributed by atoms with Gasteiger partial charge in [-0.1, -0.05) is 48.5 Å². The van der Waals surface area contributed by atoms with Crippen LogP contribution in [-0.4, -0.2) is 68.6 Å². The fraction of sp³-hybridized carbons (Fsp3) is 0.355. The molecule has 0 radical (unpaired) electrons. The minimum Gasteiger partial charge on any atom is -0.347 e. The minimum atomic E-state index is -0.0902. The number of carbonyl (C=O) groups excluding carboxylic acids is 2. The summed E-state index contributed by atoms with van der Waals surface area (Å²) >= 11 is 1.55. The van der Waals surface area contributed by atoms with Crippen molar-refractivity contribution in [3.05, 3.63) is 99.8 Å². The van der Waals surface area contributed by atoms with Crippen LogP contribution in [0.3, 0.4) is 0 Å². The highest BCUT2D eigenvalue weighted by atomic mass is 32.1. The molecule has 4 heterocycles. The van der Waals surface area contributed by atoms with E-state index in [-0.39, 0.29) is 23.8 Å². The molecule has 2 aromatic carbocycles. The summed E-state index contributed by atoms with van der Waals surface area (Å²) in [4.78, 5) is 35.3. The smallest absolute Gasteiger partial charge is 0.271 e. The number of benzene rings is 2. The highest BCUT2D eigenvalue weighted by molar-refractivity contribution is 7.09. The number of aromatic nitrogens is 3. The standard InChI is InChI=1S/C31H34N6O2S/c1-22-27(18-32-37(22)26-10-6-3-7-11-26)31(39)36-16-12-24(13-17-36)30-34-28(21-40-30)29(38)33-25-14-15-35(20-25)19-23-8-4-2-5-9-23/h2-11,18,21,24-25H,12-17,19-20H2,1H3,(H,33,38). The van der Waals surface area contributed by atoms with E-state index in [1.807, 2.05) is 58.3 Å². The van der Waals surface area contributed by atoms with Crippen LogP contribution in [0.25, 0.3) is 5.69 Å². The molecule has 206 valence electrons. The van der Waals surface area contributed by atoms with Crippen LogP contribution in [-0.2, 0) is 6.54 Å². The van der Waals surface area contributed by atoms with Gasteiger partial charge in [0, 0.05) is 50.1 Å². The molecule has 2 aromatic heterocycles. The molecule has 1 atom stereocenters. The lowest BCUT2D eigenvalue weighted by molar-refractivity contribution is 0.0712. The molecule has 9 heteroatoms. The third-order valence-corrected chi connectivity index (χ3v) is 8.99. The fourth-order valence-electron chi connectivity index (χ4n) is 5.72. The van der Waals surface area contributed by atoms with Crippen molar-refractivity contribution in [2.45, 2.75) is 44.7 Å². The van der Waals surface area contributed by atoms with Crippen molar-refractivity contribution in [3.8, 4) is 5.69 Å². The van der Waals surface area contributed by atoms with Crippen molar-refractivity contribution in [3.63, 3.8) is 0 Å². The van der Waals surface area contributed by atoms with E-state index in [4.69, 9.17) is 4.98 Å². The molecule has 6 rings (SSSR count). The van der Waals surface area contributed by atoms with Gasteiger partial charge >= 0.3 is 0 Å². The van der Waals surface area contributed by atoms with Crippen LogP contribution in [0.4, 0.5) is 0 Å². The summed E-state index contributed by atoms with van der Waals surface area (Å²) in [6.07, 6.45) is 4.30. The molecule has 2 aliphatic rings. The largest absolute Gasteiger partial charge is 0.347 e. The third-order valence-electron chi connectivity index (χ3n) is 7.98. The van der Waals surface area contributed by atoms with Crippen molar-refractivity contribution in [2.24, 2.45) is 0 Å². The fourth-order valence-corrected chi connectivity index (χ4v) is 6.69. The number of para-hydroxylation sites is 1. The number of hydrogen-bond acceptors (Lipinski definition) is 6. The van der Waals surface area contributed by atoms with Crippen molar-refractivity contribution in [1.29, 1.82) is 0 Å². The number of piperidine rings is 1. The molecule has 2 saturated heterocycles. The van der Waals surface area contributed by atoms with E-state index in [2.05, 4.69) is 39.6 Å². The highest BCUT2D eigenvalue weighted by Crippen LogP contribution is 2.31. The van der Waals surface area contributed by atoms with Gasteiger partial charge in [0.1, 0.15) is 5.69 Å². The van der Waals surface area contributed by atoms with Crippen LogP contribution < -0.4 is 5.32 Å². The maximum Gasteiger partial charge on any atom is 0.271 e. The van der Waals surface area contributed by atoms with Crippen molar-refractivity contribution < 1.29 is 9.59 Å². The van der Waals surface area contributed by atoms with Crippen LogP contribution in [0.5, 0.6) is 0 Å². The molecule has 4 aromatic rings. The number of rotatable bonds is 7. The van der Waals surface area contributed by atoms with Gasteiger partial charge in [-0.25, -0.2) is 9.67 Å². The normalized spacial score (nSPS) is 18.2. The summed E-state index contributed by atoms with van der Waals surface area (Å²) in [5.41, 5.74) is 4.23. The molecular formula is C31H34N6O2S. The van der Waals surface area contributed by atoms with Gasteiger partial charge in [-0.3, -0.25) is 14.5 Å². The Balaban J connectivity index is 1.00. The first kappa shape index (κ1) is 26.4. The molecule has 1 N–H and O–H groups in total. The monoisotopic (exact) mass is 554 g/mol. The van der Waals surface area contributed by atoms with E-state index in [0.29, 0.717) is 24.3 Å². The molecule has 0 aliphatic carbocycles. The molecule has 40 heavy (non-hydrogen) atoms. The van der Waals surface area contributed by atoms with Gasteiger partial charge in [0.05, 0.1) is 28.1 Å². The van der Waals surface area contributed by atoms with Gasteiger partial charge in [-0.15, -0.1) is 11.3 Å². The van der Waals surface area contributed by atoms with Gasteiger partial charge in [-0.2, -0.15) is 5.10 Å². The summed E-state index contributed by atoms with van der Waals surface area (Å²) < 4.78 is 1.81. The number of amides is 2. The number of thiazole rings is 1. The summed E-state index contributed by atoms with van der Waals surface area (Å²) in [5, 5.41) is 10.5. The Hall–Kier alpha value is -3.82. The number of likely N-dealkylation sites (tertiary alicyclic amines) is 2. The summed E-state index contributed by atoms with van der Waals surface area (Å²) in [5.74, 6) is 0.194. The van der Waals surface area contributed by atoms with E-state index in [1.165, 1.54) is 5.56 Å². The van der Waals surface area contributed by atoms with E-state index >= 15 is 0 Å². The maximum absolute atomic E-state index is 13.3. The summed E-state index contributed by atoms with van der Waals surface area (Å²) in [7, 11) is 0. The molecule has 0 bridgehead atoms. The van der Waals surface area contributed by atoms with Crippen LogP contribution in [0, 0.1) is 6.92 Å². The Labute approximate surface area is 238 Å². The van der Waals surface area contributed by atoms with E-state index in [0.717, 1.165) is 55.3 Å². The lowest BCUT2D eigenvalue weighted by Crippen LogP contribution is -2.38. The van der Waals surface area contributed by atoms with Gasteiger partial charge in [0.2, 0.25) is 0 Å². The van der Waals surface area contributed by atoms with E-state index < -0.39 is 0 Å². The number of hydrogen-bond donors (Lipinski definition) is 1. The Morgan fingerprint density at radius 2 is 1.70 bits per heavy atom. The molecule has 0 saturated carbocycles. The predicted octanol–water partition coefficient (Wildman–Crippen LogP) is 4.66. The second-order valence-corrected chi connectivity index (χ2v) is 11.6. The lowest BCUT2D eigenvalue weighted by atomic mass is 9.97. The number of nitrogens with one attached hydrogen (secondary N) is 1. The van der Waals surface area contributed by atoms with Crippen LogP contribution in [0.15, 0.2) is 72.2 Å². The predicted molar refractivity (Wildman–Crippen MR) is 156 cm³/mol. The molecule has 2 fully saturated rings. The summed E-state index contributed by atoms with van der Waals surface area (Å²) in [6, 6.07) is 20.4. The quantitative estimate of drug-likeness (QED) is 0.359. The molecule has 2 aliphatic heterocycles. The molecular weight excluding hydrogens is 520 g/mol. The molecule has 0 spiro atoms. The zero-order chi connectivity index (χ0) is 27.5. The van der Waals surface area contributed by atoms with Crippen LogP contribution >= 0.6 is 11.3 Å². The first-order valence-electron chi connectivity index (χ1n) is 14.0. The zero-order valence-corrected chi connectivity index (χ0v) is 23.5. The van der Waals surface area contributed by atoms with E-state index in [9.17, 15) is 9.59 Å².